The van der Waals surface area contributed by atoms with Crippen LogP contribution < -0.4 is 0 Å². The van der Waals surface area contributed by atoms with E-state index in [-0.39, 0.29) is 17.0 Å². The van der Waals surface area contributed by atoms with Crippen LogP contribution in [-0.4, -0.2) is 18.5 Å². The van der Waals surface area contributed by atoms with Crippen molar-refractivity contribution in [2.75, 3.05) is 13.6 Å². The minimum absolute atomic E-state index is 0. The van der Waals surface area contributed by atoms with Gasteiger partial charge in [-0.1, -0.05) is 66.7 Å². The standard InChI is InChI=1S/C20H19N.BrH/c1-21-14-12-17(13-15-21)16-20(18-8-4-2-5-9-18)19-10-6-3-7-11-19;/h2-14,16H,15H2,1H3;1H. The van der Waals surface area contributed by atoms with Gasteiger partial charge in [0.15, 0.2) is 0 Å². The molecule has 1 aliphatic heterocycles. The molecular formula is C20H20BrN. The Kier molecular flexibility index (Phi) is 5.79. The molecule has 2 aromatic rings. The van der Waals surface area contributed by atoms with Crippen LogP contribution in [0.1, 0.15) is 11.1 Å². The van der Waals surface area contributed by atoms with E-state index in [1.165, 1.54) is 22.3 Å². The first-order valence-corrected chi connectivity index (χ1v) is 7.24. The van der Waals surface area contributed by atoms with Gasteiger partial charge >= 0.3 is 0 Å². The lowest BCUT2D eigenvalue weighted by Crippen LogP contribution is -2.13. The molecule has 0 N–H and O–H groups in total. The zero-order chi connectivity index (χ0) is 14.5. The Morgan fingerprint density at radius 2 is 1.45 bits per heavy atom. The van der Waals surface area contributed by atoms with Gasteiger partial charge in [0.2, 0.25) is 0 Å². The Hall–Kier alpha value is -2.06. The summed E-state index contributed by atoms with van der Waals surface area (Å²) in [5, 5.41) is 0. The second kappa shape index (κ2) is 7.81. The molecule has 3 rings (SSSR count). The lowest BCUT2D eigenvalue weighted by atomic mass is 9.95. The van der Waals surface area contributed by atoms with Gasteiger partial charge in [0.05, 0.1) is 0 Å². The number of allylic oxidation sites excluding steroid dienone is 3. The largest absolute Gasteiger partial charge is 0.377 e. The molecule has 1 heterocycles. The number of hydrogen-bond donors (Lipinski definition) is 0. The van der Waals surface area contributed by atoms with Crippen LogP contribution >= 0.6 is 17.0 Å². The van der Waals surface area contributed by atoms with Crippen molar-refractivity contribution in [1.29, 1.82) is 0 Å². The van der Waals surface area contributed by atoms with Gasteiger partial charge in [-0.15, -0.1) is 17.0 Å². The minimum atomic E-state index is 0. The van der Waals surface area contributed by atoms with E-state index in [9.17, 15) is 0 Å². The summed E-state index contributed by atoms with van der Waals surface area (Å²) in [5.41, 5.74) is 5.02. The number of likely N-dealkylation sites (N-methyl/N-ethyl adjacent to an activating group) is 1. The SMILES string of the molecule is Br.CN1C=CC(C=C(c2ccccc2)c2ccccc2)=CC1. The number of benzene rings is 2. The molecule has 1 nitrogen and oxygen atoms in total. The Bertz CT molecular complexity index is 643. The molecule has 112 valence electrons. The van der Waals surface area contributed by atoms with Gasteiger partial charge in [-0.25, -0.2) is 0 Å². The van der Waals surface area contributed by atoms with E-state index in [0.29, 0.717) is 0 Å². The van der Waals surface area contributed by atoms with Gasteiger partial charge in [0.25, 0.3) is 0 Å². The molecule has 0 saturated carbocycles. The first-order chi connectivity index (χ1) is 10.3. The minimum Gasteiger partial charge on any atom is -0.377 e. The van der Waals surface area contributed by atoms with E-state index in [4.69, 9.17) is 0 Å². The highest BCUT2D eigenvalue weighted by molar-refractivity contribution is 8.93. The predicted octanol–water partition coefficient (Wildman–Crippen LogP) is 5.08. The fraction of sp³-hybridized carbons (Fsp3) is 0.100. The molecule has 0 saturated heterocycles. The van der Waals surface area contributed by atoms with E-state index in [1.807, 2.05) is 0 Å². The number of nitrogens with zero attached hydrogens (tertiary/aromatic N) is 1. The molecule has 0 fully saturated rings. The molecule has 0 radical (unpaired) electrons. The van der Waals surface area contributed by atoms with E-state index in [0.717, 1.165) is 6.54 Å². The van der Waals surface area contributed by atoms with Gasteiger partial charge in [-0.3, -0.25) is 0 Å². The first-order valence-electron chi connectivity index (χ1n) is 7.24. The molecular weight excluding hydrogens is 334 g/mol. The fourth-order valence-corrected chi connectivity index (χ4v) is 2.43. The Labute approximate surface area is 143 Å². The molecule has 2 aromatic carbocycles. The summed E-state index contributed by atoms with van der Waals surface area (Å²) in [4.78, 5) is 2.17. The van der Waals surface area contributed by atoms with Crippen LogP contribution in [0, 0.1) is 0 Å². The molecule has 0 unspecified atom stereocenters. The van der Waals surface area contributed by atoms with Crippen LogP contribution in [0.15, 0.2) is 90.7 Å². The van der Waals surface area contributed by atoms with Crippen molar-refractivity contribution in [1.82, 2.24) is 4.90 Å². The van der Waals surface area contributed by atoms with Crippen LogP contribution in [0.4, 0.5) is 0 Å². The summed E-state index contributed by atoms with van der Waals surface area (Å²) < 4.78 is 0. The highest BCUT2D eigenvalue weighted by Crippen LogP contribution is 2.25. The summed E-state index contributed by atoms with van der Waals surface area (Å²) in [5.74, 6) is 0. The normalized spacial score (nSPS) is 13.1. The summed E-state index contributed by atoms with van der Waals surface area (Å²) in [7, 11) is 2.09. The van der Waals surface area contributed by atoms with Crippen molar-refractivity contribution < 1.29 is 0 Å². The van der Waals surface area contributed by atoms with Crippen molar-refractivity contribution >= 4 is 22.6 Å². The molecule has 0 atom stereocenters. The van der Waals surface area contributed by atoms with Crippen molar-refractivity contribution in [3.63, 3.8) is 0 Å². The zero-order valence-electron chi connectivity index (χ0n) is 12.6. The molecule has 0 bridgehead atoms. The number of hydrogen-bond acceptors (Lipinski definition) is 1. The van der Waals surface area contributed by atoms with E-state index in [1.54, 1.807) is 0 Å². The fourth-order valence-electron chi connectivity index (χ4n) is 2.43. The van der Waals surface area contributed by atoms with Gasteiger partial charge in [-0.2, -0.15) is 0 Å². The predicted molar refractivity (Wildman–Crippen MR) is 100 cm³/mol. The summed E-state index contributed by atoms with van der Waals surface area (Å²) in [6, 6.07) is 21.1. The van der Waals surface area contributed by atoms with Crippen molar-refractivity contribution in [2.45, 2.75) is 0 Å². The van der Waals surface area contributed by atoms with Crippen molar-refractivity contribution in [2.24, 2.45) is 0 Å². The lowest BCUT2D eigenvalue weighted by molar-refractivity contribution is 0.503. The maximum Gasteiger partial charge on any atom is 0.0359 e. The monoisotopic (exact) mass is 353 g/mol. The number of rotatable bonds is 3. The third-order valence-corrected chi connectivity index (χ3v) is 3.62. The van der Waals surface area contributed by atoms with Gasteiger partial charge in [-0.05, 0) is 40.6 Å². The molecule has 0 aromatic heterocycles. The van der Waals surface area contributed by atoms with Crippen molar-refractivity contribution in [3.8, 4) is 0 Å². The quantitative estimate of drug-likeness (QED) is 0.743. The smallest absolute Gasteiger partial charge is 0.0359 e. The molecule has 0 spiro atoms. The van der Waals surface area contributed by atoms with E-state index >= 15 is 0 Å². The molecule has 1 aliphatic rings. The first kappa shape index (κ1) is 16.3. The van der Waals surface area contributed by atoms with Gasteiger partial charge in [0, 0.05) is 13.6 Å². The maximum absolute atomic E-state index is 2.27. The molecule has 0 amide bonds. The average Bonchev–Trinajstić information content (AvgIpc) is 2.56. The second-order valence-electron chi connectivity index (χ2n) is 5.25. The van der Waals surface area contributed by atoms with Crippen molar-refractivity contribution in [3.05, 3.63) is 102 Å². The molecule has 2 heteroatoms. The summed E-state index contributed by atoms with van der Waals surface area (Å²) >= 11 is 0. The Morgan fingerprint density at radius 3 is 1.91 bits per heavy atom. The maximum atomic E-state index is 2.27. The topological polar surface area (TPSA) is 3.24 Å². The van der Waals surface area contributed by atoms with Crippen LogP contribution in [0.3, 0.4) is 0 Å². The summed E-state index contributed by atoms with van der Waals surface area (Å²) in [6.45, 7) is 0.958. The Balaban J connectivity index is 0.00000176. The third kappa shape index (κ3) is 3.99. The molecule has 22 heavy (non-hydrogen) atoms. The zero-order valence-corrected chi connectivity index (χ0v) is 14.4. The van der Waals surface area contributed by atoms with Crippen LogP contribution in [0.2, 0.25) is 0 Å². The summed E-state index contributed by atoms with van der Waals surface area (Å²) in [6.07, 6.45) is 8.81. The third-order valence-electron chi connectivity index (χ3n) is 3.62. The van der Waals surface area contributed by atoms with Crippen LogP contribution in [0.5, 0.6) is 0 Å². The van der Waals surface area contributed by atoms with E-state index < -0.39 is 0 Å². The highest BCUT2D eigenvalue weighted by atomic mass is 79.9. The highest BCUT2D eigenvalue weighted by Gasteiger charge is 2.06. The Morgan fingerprint density at radius 1 is 0.909 bits per heavy atom. The number of halogens is 1. The van der Waals surface area contributed by atoms with Crippen LogP contribution in [0.25, 0.3) is 5.57 Å². The van der Waals surface area contributed by atoms with Gasteiger partial charge < -0.3 is 4.90 Å². The average molecular weight is 354 g/mol. The van der Waals surface area contributed by atoms with E-state index in [2.05, 4.69) is 97.0 Å². The molecule has 0 aliphatic carbocycles. The second-order valence-corrected chi connectivity index (χ2v) is 5.25. The van der Waals surface area contributed by atoms with Crippen LogP contribution in [-0.2, 0) is 0 Å². The van der Waals surface area contributed by atoms with Gasteiger partial charge in [0.1, 0.15) is 0 Å². The lowest BCUT2D eigenvalue weighted by Gasteiger charge is -2.16.